The Bertz CT molecular complexity index is 338. The molecule has 0 atom stereocenters. The van der Waals surface area contributed by atoms with Gasteiger partial charge in [0.05, 0.1) is 12.4 Å². The van der Waals surface area contributed by atoms with Crippen LogP contribution < -0.4 is 0 Å². The van der Waals surface area contributed by atoms with Crippen LogP contribution >= 0.6 is 0 Å². The molecule has 0 aromatic carbocycles. The maximum atomic E-state index is 8.67. The molecule has 2 aliphatic carbocycles. The Morgan fingerprint density at radius 2 is 2.20 bits per heavy atom. The van der Waals surface area contributed by atoms with Crippen LogP contribution in [0.1, 0.15) is 12.8 Å². The Labute approximate surface area is 109 Å². The molecule has 0 aromatic heterocycles. The maximum Gasteiger partial charge on any atom is 0.110 e. The van der Waals surface area contributed by atoms with Crippen LogP contribution in [0.2, 0.25) is 0 Å². The van der Waals surface area contributed by atoms with Gasteiger partial charge in [-0.3, -0.25) is 0 Å². The third kappa shape index (κ3) is 3.03. The number of allylic oxidation sites excluding steroid dienone is 7. The van der Waals surface area contributed by atoms with Gasteiger partial charge in [-0.15, -0.1) is 11.6 Å². The first-order valence-corrected chi connectivity index (χ1v) is 4.83. The predicted molar refractivity (Wildman–Crippen MR) is 54.3 cm³/mol. The van der Waals surface area contributed by atoms with Crippen LogP contribution in [0.15, 0.2) is 41.2 Å². The SMILES string of the molecule is OCCOC1=C(C2=[C-]CC=C2)CC=C1.[Zr]. The molecule has 2 aliphatic rings. The Kier molecular flexibility index (Phi) is 5.27. The summed E-state index contributed by atoms with van der Waals surface area (Å²) in [5, 5.41) is 8.67. The van der Waals surface area contributed by atoms with Crippen LogP contribution in [-0.2, 0) is 30.9 Å². The van der Waals surface area contributed by atoms with Crippen LogP contribution in [0.3, 0.4) is 0 Å². The van der Waals surface area contributed by atoms with Crippen LogP contribution in [0.25, 0.3) is 0 Å². The molecule has 1 N–H and O–H groups in total. The van der Waals surface area contributed by atoms with Crippen LogP contribution in [0.5, 0.6) is 0 Å². The molecule has 0 radical (unpaired) electrons. The van der Waals surface area contributed by atoms with Gasteiger partial charge >= 0.3 is 0 Å². The molecule has 0 fully saturated rings. The number of ether oxygens (including phenoxy) is 1. The first kappa shape index (κ1) is 12.7. The third-order valence-corrected chi connectivity index (χ3v) is 2.26. The average molecular weight is 280 g/mol. The smallest absolute Gasteiger partial charge is 0.110 e. The minimum atomic E-state index is 0. The van der Waals surface area contributed by atoms with Crippen molar-refractivity contribution in [2.75, 3.05) is 13.2 Å². The van der Waals surface area contributed by atoms with Crippen molar-refractivity contribution in [2.45, 2.75) is 12.8 Å². The molecule has 0 saturated carbocycles. The first-order chi connectivity index (χ1) is 6.92. The van der Waals surface area contributed by atoms with E-state index >= 15 is 0 Å². The quantitative estimate of drug-likeness (QED) is 0.797. The van der Waals surface area contributed by atoms with Crippen molar-refractivity contribution in [3.8, 4) is 0 Å². The van der Waals surface area contributed by atoms with E-state index < -0.39 is 0 Å². The van der Waals surface area contributed by atoms with Gasteiger partial charge in [0.15, 0.2) is 0 Å². The van der Waals surface area contributed by atoms with E-state index in [9.17, 15) is 0 Å². The van der Waals surface area contributed by atoms with Crippen molar-refractivity contribution >= 4 is 0 Å². The van der Waals surface area contributed by atoms with Gasteiger partial charge in [0.2, 0.25) is 0 Å². The first-order valence-electron chi connectivity index (χ1n) is 4.83. The fraction of sp³-hybridized carbons (Fsp3) is 0.333. The van der Waals surface area contributed by atoms with Crippen molar-refractivity contribution in [1.82, 2.24) is 0 Å². The molecule has 3 heteroatoms. The number of aliphatic hydroxyl groups is 1. The Morgan fingerprint density at radius 3 is 2.87 bits per heavy atom. The van der Waals surface area contributed by atoms with E-state index in [-0.39, 0.29) is 32.8 Å². The zero-order valence-electron chi connectivity index (χ0n) is 8.49. The summed E-state index contributed by atoms with van der Waals surface area (Å²) in [4.78, 5) is 0. The monoisotopic (exact) mass is 279 g/mol. The van der Waals surface area contributed by atoms with Crippen molar-refractivity contribution < 1.29 is 36.0 Å². The average Bonchev–Trinajstić information content (AvgIpc) is 2.84. The van der Waals surface area contributed by atoms with E-state index in [2.05, 4.69) is 24.3 Å². The number of hydrogen-bond donors (Lipinski definition) is 1. The summed E-state index contributed by atoms with van der Waals surface area (Å²) in [6, 6.07) is 0. The molecular weight excluding hydrogens is 267 g/mol. The van der Waals surface area contributed by atoms with E-state index in [0.717, 1.165) is 24.2 Å². The fourth-order valence-corrected chi connectivity index (χ4v) is 1.63. The molecular formula is C12H13O2Zr-. The normalized spacial score (nSPS) is 18.1. The van der Waals surface area contributed by atoms with Gasteiger partial charge in [-0.1, -0.05) is 18.9 Å². The van der Waals surface area contributed by atoms with E-state index in [0.29, 0.717) is 6.61 Å². The van der Waals surface area contributed by atoms with Crippen molar-refractivity contribution in [1.29, 1.82) is 0 Å². The molecule has 0 aliphatic heterocycles. The minimum absolute atomic E-state index is 0. The number of rotatable bonds is 4. The van der Waals surface area contributed by atoms with E-state index in [1.165, 1.54) is 5.57 Å². The second-order valence-electron chi connectivity index (χ2n) is 3.22. The Hall–Kier alpha value is -0.397. The van der Waals surface area contributed by atoms with Crippen molar-refractivity contribution in [3.63, 3.8) is 0 Å². The van der Waals surface area contributed by atoms with Crippen molar-refractivity contribution in [3.05, 3.63) is 47.3 Å². The van der Waals surface area contributed by atoms with Gasteiger partial charge in [0.25, 0.3) is 0 Å². The molecule has 0 bridgehead atoms. The van der Waals surface area contributed by atoms with Crippen LogP contribution in [0, 0.1) is 6.08 Å². The molecule has 0 amide bonds. The molecule has 0 aromatic rings. The molecule has 78 valence electrons. The fourth-order valence-electron chi connectivity index (χ4n) is 1.63. The number of aliphatic hydroxyl groups excluding tert-OH is 1. The molecule has 15 heavy (non-hydrogen) atoms. The summed E-state index contributed by atoms with van der Waals surface area (Å²) in [7, 11) is 0. The van der Waals surface area contributed by atoms with Gasteiger partial charge in [-0.05, 0) is 6.08 Å². The molecule has 2 rings (SSSR count). The summed E-state index contributed by atoms with van der Waals surface area (Å²) >= 11 is 0. The summed E-state index contributed by atoms with van der Waals surface area (Å²) in [5.41, 5.74) is 2.33. The third-order valence-electron chi connectivity index (χ3n) is 2.26. The zero-order chi connectivity index (χ0) is 9.80. The summed E-state index contributed by atoms with van der Waals surface area (Å²) < 4.78 is 5.43. The van der Waals surface area contributed by atoms with Crippen molar-refractivity contribution in [2.24, 2.45) is 0 Å². The largest absolute Gasteiger partial charge is 0.504 e. The van der Waals surface area contributed by atoms with Crippen LogP contribution in [0.4, 0.5) is 0 Å². The van der Waals surface area contributed by atoms with E-state index in [1.54, 1.807) is 0 Å². The topological polar surface area (TPSA) is 29.5 Å². The van der Waals surface area contributed by atoms with Gasteiger partial charge in [0, 0.05) is 26.2 Å². The summed E-state index contributed by atoms with van der Waals surface area (Å²) in [6.07, 6.45) is 13.3. The van der Waals surface area contributed by atoms with E-state index in [4.69, 9.17) is 9.84 Å². The summed E-state index contributed by atoms with van der Waals surface area (Å²) in [6.45, 7) is 0.420. The Morgan fingerprint density at radius 1 is 1.33 bits per heavy atom. The van der Waals surface area contributed by atoms with Gasteiger partial charge in [0.1, 0.15) is 6.61 Å². The van der Waals surface area contributed by atoms with E-state index in [1.807, 2.05) is 6.08 Å². The standard InChI is InChI=1S/C12H13O2.Zr/c13-8-9-14-12-7-3-6-11(12)10-4-1-2-5-10;/h1,3-4,7,13H,2,6,8-9H2;/q-1;. The van der Waals surface area contributed by atoms with Gasteiger partial charge in [-0.2, -0.15) is 17.7 Å². The minimum Gasteiger partial charge on any atom is -0.504 e. The molecule has 2 nitrogen and oxygen atoms in total. The molecule has 0 unspecified atom stereocenters. The molecule has 0 spiro atoms. The predicted octanol–water partition coefficient (Wildman–Crippen LogP) is 1.90. The zero-order valence-corrected chi connectivity index (χ0v) is 11.0. The molecule has 0 saturated heterocycles. The maximum absolute atomic E-state index is 8.67. The van der Waals surface area contributed by atoms with Crippen LogP contribution in [-0.4, -0.2) is 18.3 Å². The number of hydrogen-bond acceptors (Lipinski definition) is 2. The second-order valence-corrected chi connectivity index (χ2v) is 3.22. The molecule has 0 heterocycles. The summed E-state index contributed by atoms with van der Waals surface area (Å²) in [5.74, 6) is 0.883. The van der Waals surface area contributed by atoms with Gasteiger partial charge in [-0.25, -0.2) is 0 Å². The van der Waals surface area contributed by atoms with Gasteiger partial charge < -0.3 is 9.84 Å². The Balaban J connectivity index is 0.00000112. The second kappa shape index (κ2) is 6.24.